The van der Waals surface area contributed by atoms with Crippen LogP contribution in [0.3, 0.4) is 0 Å². The van der Waals surface area contributed by atoms with E-state index in [1.54, 1.807) is 0 Å². The molecule has 0 heterocycles. The predicted molar refractivity (Wildman–Crippen MR) is 243 cm³/mol. The fourth-order valence-corrected chi connectivity index (χ4v) is 7.55. The molecule has 0 bridgehead atoms. The minimum Gasteiger partial charge on any atom is -0.462 e. The second kappa shape index (κ2) is 42.5. The average molecular weight is 807 g/mol. The first kappa shape index (κ1) is 55.4. The van der Waals surface area contributed by atoms with Crippen LogP contribution in [0.1, 0.15) is 273 Å². The monoisotopic (exact) mass is 807 g/mol. The van der Waals surface area contributed by atoms with E-state index in [0.717, 1.165) is 75.5 Å². The average Bonchev–Trinajstić information content (AvgIpc) is 3.18. The molecule has 0 N–H and O–H groups in total. The van der Waals surface area contributed by atoms with Crippen LogP contribution in [0, 0.1) is 17.8 Å². The van der Waals surface area contributed by atoms with E-state index in [-0.39, 0.29) is 31.1 Å². The van der Waals surface area contributed by atoms with Crippen LogP contribution in [-0.2, 0) is 28.6 Å². The standard InChI is InChI=1S/C51H98O6/c1-7-47(6)39-33-27-23-24-29-35-41-50(53)56-44-48(57-51(54)42-36-30-22-18-14-10-12-16-20-26-32-38-46(4)5)43-55-49(52)40-34-28-21-17-13-9-8-11-15-19-25-31-37-45(2)3/h45-48H,7-44H2,1-6H3/t47?,48-/m0/s1. The summed E-state index contributed by atoms with van der Waals surface area (Å²) in [5.41, 5.74) is 0. The van der Waals surface area contributed by atoms with Gasteiger partial charge in [-0.15, -0.1) is 0 Å². The van der Waals surface area contributed by atoms with Gasteiger partial charge in [-0.05, 0) is 37.0 Å². The maximum Gasteiger partial charge on any atom is 0.306 e. The van der Waals surface area contributed by atoms with E-state index in [1.165, 1.54) is 154 Å². The molecule has 338 valence electrons. The molecule has 6 heteroatoms. The molecule has 0 saturated carbocycles. The molecule has 57 heavy (non-hydrogen) atoms. The molecule has 0 fully saturated rings. The van der Waals surface area contributed by atoms with Gasteiger partial charge in [0.1, 0.15) is 13.2 Å². The van der Waals surface area contributed by atoms with Gasteiger partial charge in [0.25, 0.3) is 0 Å². The van der Waals surface area contributed by atoms with E-state index < -0.39 is 6.10 Å². The van der Waals surface area contributed by atoms with Crippen molar-refractivity contribution in [3.05, 3.63) is 0 Å². The van der Waals surface area contributed by atoms with Crippen molar-refractivity contribution in [1.29, 1.82) is 0 Å². The third-order valence-corrected chi connectivity index (χ3v) is 11.8. The molecular formula is C51H98O6. The predicted octanol–water partition coefficient (Wildman–Crippen LogP) is 16.0. The van der Waals surface area contributed by atoms with E-state index in [2.05, 4.69) is 41.5 Å². The number of hydrogen-bond donors (Lipinski definition) is 0. The molecule has 0 radical (unpaired) electrons. The number of carbonyl (C=O) groups excluding carboxylic acids is 3. The van der Waals surface area contributed by atoms with Gasteiger partial charge in [0.05, 0.1) is 0 Å². The van der Waals surface area contributed by atoms with Gasteiger partial charge in [0.15, 0.2) is 6.10 Å². The lowest BCUT2D eigenvalue weighted by molar-refractivity contribution is -0.167. The maximum absolute atomic E-state index is 12.8. The zero-order valence-corrected chi connectivity index (χ0v) is 39.1. The molecule has 0 aliphatic heterocycles. The fourth-order valence-electron chi connectivity index (χ4n) is 7.55. The molecule has 0 aliphatic rings. The molecule has 0 spiro atoms. The third kappa shape index (κ3) is 43.8. The number of esters is 3. The summed E-state index contributed by atoms with van der Waals surface area (Å²) in [5.74, 6) is 1.62. The number of rotatable bonds is 44. The molecule has 0 aromatic rings. The van der Waals surface area contributed by atoms with Crippen LogP contribution >= 0.6 is 0 Å². The Hall–Kier alpha value is -1.59. The Kier molecular flexibility index (Phi) is 41.3. The van der Waals surface area contributed by atoms with E-state index >= 15 is 0 Å². The van der Waals surface area contributed by atoms with Gasteiger partial charge in [0, 0.05) is 19.3 Å². The molecule has 2 atom stereocenters. The summed E-state index contributed by atoms with van der Waals surface area (Å²) in [5, 5.41) is 0. The second-order valence-electron chi connectivity index (χ2n) is 18.6. The van der Waals surface area contributed by atoms with Gasteiger partial charge in [0.2, 0.25) is 0 Å². The van der Waals surface area contributed by atoms with E-state index in [4.69, 9.17) is 14.2 Å². The van der Waals surface area contributed by atoms with Gasteiger partial charge >= 0.3 is 17.9 Å². The summed E-state index contributed by atoms with van der Waals surface area (Å²) in [7, 11) is 0. The zero-order chi connectivity index (χ0) is 42.0. The molecular weight excluding hydrogens is 709 g/mol. The minimum atomic E-state index is -0.763. The summed E-state index contributed by atoms with van der Waals surface area (Å²) < 4.78 is 16.8. The van der Waals surface area contributed by atoms with E-state index in [1.807, 2.05) is 0 Å². The van der Waals surface area contributed by atoms with Crippen LogP contribution in [0.2, 0.25) is 0 Å². The normalized spacial score (nSPS) is 12.6. The van der Waals surface area contributed by atoms with Crippen LogP contribution in [0.4, 0.5) is 0 Å². The lowest BCUT2D eigenvalue weighted by Gasteiger charge is -2.18. The highest BCUT2D eigenvalue weighted by Gasteiger charge is 2.19. The Morgan fingerprint density at radius 1 is 0.351 bits per heavy atom. The lowest BCUT2D eigenvalue weighted by atomic mass is 10.00. The Labute approximate surface area is 355 Å². The van der Waals surface area contributed by atoms with Crippen LogP contribution in [0.15, 0.2) is 0 Å². The fraction of sp³-hybridized carbons (Fsp3) is 0.941. The Morgan fingerprint density at radius 3 is 0.912 bits per heavy atom. The molecule has 0 aromatic heterocycles. The van der Waals surface area contributed by atoms with Crippen molar-refractivity contribution >= 4 is 17.9 Å². The van der Waals surface area contributed by atoms with Crippen molar-refractivity contribution in [3.63, 3.8) is 0 Å². The Morgan fingerprint density at radius 2 is 0.614 bits per heavy atom. The van der Waals surface area contributed by atoms with Crippen LogP contribution < -0.4 is 0 Å². The van der Waals surface area contributed by atoms with E-state index in [9.17, 15) is 14.4 Å². The van der Waals surface area contributed by atoms with Crippen molar-refractivity contribution < 1.29 is 28.6 Å². The van der Waals surface area contributed by atoms with Gasteiger partial charge in [-0.3, -0.25) is 14.4 Å². The summed E-state index contributed by atoms with van der Waals surface area (Å²) in [6, 6.07) is 0. The molecule has 0 amide bonds. The first-order valence-electron chi connectivity index (χ1n) is 25.1. The Balaban J connectivity index is 4.32. The molecule has 1 unspecified atom stereocenters. The highest BCUT2D eigenvalue weighted by atomic mass is 16.6. The van der Waals surface area contributed by atoms with Crippen molar-refractivity contribution in [2.45, 2.75) is 279 Å². The van der Waals surface area contributed by atoms with Crippen LogP contribution in [0.25, 0.3) is 0 Å². The summed E-state index contributed by atoms with van der Waals surface area (Å²) in [4.78, 5) is 37.9. The number of hydrogen-bond acceptors (Lipinski definition) is 6. The SMILES string of the molecule is CCC(C)CCCCCCCCC(=O)OC[C@H](COC(=O)CCCCCCCCCCCCCCC(C)C)OC(=O)CCCCCCCCCCCCCC(C)C. The quantitative estimate of drug-likeness (QED) is 0.0347. The summed E-state index contributed by atoms with van der Waals surface area (Å²) in [6.07, 6.45) is 40.9. The van der Waals surface area contributed by atoms with Crippen molar-refractivity contribution in [2.24, 2.45) is 17.8 Å². The van der Waals surface area contributed by atoms with Crippen molar-refractivity contribution in [1.82, 2.24) is 0 Å². The lowest BCUT2D eigenvalue weighted by Crippen LogP contribution is -2.30. The highest BCUT2D eigenvalue weighted by Crippen LogP contribution is 2.18. The topological polar surface area (TPSA) is 78.9 Å². The van der Waals surface area contributed by atoms with E-state index in [0.29, 0.717) is 19.3 Å². The van der Waals surface area contributed by atoms with Gasteiger partial charge in [-0.1, -0.05) is 234 Å². The zero-order valence-electron chi connectivity index (χ0n) is 39.1. The number of unbranched alkanes of at least 4 members (excludes halogenated alkanes) is 26. The molecule has 0 rings (SSSR count). The van der Waals surface area contributed by atoms with Crippen LogP contribution in [-0.4, -0.2) is 37.2 Å². The first-order chi connectivity index (χ1) is 27.6. The van der Waals surface area contributed by atoms with Gasteiger partial charge in [-0.25, -0.2) is 0 Å². The van der Waals surface area contributed by atoms with Gasteiger partial charge in [-0.2, -0.15) is 0 Å². The Bertz CT molecular complexity index is 885. The molecule has 0 aliphatic carbocycles. The second-order valence-corrected chi connectivity index (χ2v) is 18.6. The number of carbonyl (C=O) groups is 3. The summed E-state index contributed by atoms with van der Waals surface area (Å²) in [6.45, 7) is 13.7. The minimum absolute atomic E-state index is 0.0655. The third-order valence-electron chi connectivity index (χ3n) is 11.8. The van der Waals surface area contributed by atoms with Crippen molar-refractivity contribution in [3.8, 4) is 0 Å². The summed E-state index contributed by atoms with van der Waals surface area (Å²) >= 11 is 0. The largest absolute Gasteiger partial charge is 0.462 e. The highest BCUT2D eigenvalue weighted by molar-refractivity contribution is 5.71. The van der Waals surface area contributed by atoms with Crippen molar-refractivity contribution in [2.75, 3.05) is 13.2 Å². The molecule has 6 nitrogen and oxygen atoms in total. The van der Waals surface area contributed by atoms with Crippen LogP contribution in [0.5, 0.6) is 0 Å². The van der Waals surface area contributed by atoms with Gasteiger partial charge < -0.3 is 14.2 Å². The molecule has 0 saturated heterocycles. The molecule has 0 aromatic carbocycles. The first-order valence-corrected chi connectivity index (χ1v) is 25.1. The number of ether oxygens (including phenoxy) is 3. The smallest absolute Gasteiger partial charge is 0.306 e. The maximum atomic E-state index is 12.8.